The third-order valence-corrected chi connectivity index (χ3v) is 2.59. The number of carboxylic acids is 1. The number of hydrogen-bond acceptors (Lipinski definition) is 3. The fraction of sp³-hybridized carbons (Fsp3) is 0.500. The van der Waals surface area contributed by atoms with E-state index in [0.29, 0.717) is 24.8 Å². The first-order chi connectivity index (χ1) is 8.92. The van der Waals surface area contributed by atoms with Gasteiger partial charge in [-0.25, -0.2) is 9.18 Å². The van der Waals surface area contributed by atoms with Crippen molar-refractivity contribution in [2.45, 2.75) is 45.3 Å². The number of ether oxygens (including phenoxy) is 1. The van der Waals surface area contributed by atoms with Crippen molar-refractivity contribution in [3.8, 4) is 5.75 Å². The Morgan fingerprint density at radius 2 is 2.16 bits per heavy atom. The zero-order valence-corrected chi connectivity index (χ0v) is 11.2. The van der Waals surface area contributed by atoms with Crippen LogP contribution in [0.15, 0.2) is 18.2 Å². The molecule has 0 amide bonds. The van der Waals surface area contributed by atoms with E-state index in [0.717, 1.165) is 0 Å². The summed E-state index contributed by atoms with van der Waals surface area (Å²) in [5.74, 6) is -1.26. The molecule has 5 heteroatoms. The molecule has 0 aromatic heterocycles. The van der Waals surface area contributed by atoms with Crippen molar-refractivity contribution in [2.24, 2.45) is 5.73 Å². The molecule has 0 radical (unpaired) electrons. The van der Waals surface area contributed by atoms with Crippen LogP contribution in [-0.2, 0) is 11.2 Å². The normalized spacial score (nSPS) is 13.9. The average molecular weight is 269 g/mol. The van der Waals surface area contributed by atoms with Crippen LogP contribution in [0.4, 0.5) is 4.39 Å². The maximum Gasteiger partial charge on any atom is 0.344 e. The lowest BCUT2D eigenvalue weighted by Gasteiger charge is -2.15. The van der Waals surface area contributed by atoms with Gasteiger partial charge >= 0.3 is 5.97 Å². The van der Waals surface area contributed by atoms with Crippen molar-refractivity contribution >= 4 is 5.97 Å². The molecule has 19 heavy (non-hydrogen) atoms. The summed E-state index contributed by atoms with van der Waals surface area (Å²) in [7, 11) is 0. The Balaban J connectivity index is 2.87. The van der Waals surface area contributed by atoms with Crippen LogP contribution in [0.2, 0.25) is 0 Å². The molecule has 3 N–H and O–H groups in total. The summed E-state index contributed by atoms with van der Waals surface area (Å²) in [5.41, 5.74) is 6.36. The summed E-state index contributed by atoms with van der Waals surface area (Å²) < 4.78 is 18.8. The van der Waals surface area contributed by atoms with Crippen LogP contribution in [0.3, 0.4) is 0 Å². The standard InChI is InChI=1S/C14H20FNO3/c1-3-4-13(14(17)18)19-12-7-10(5-9(2)16)6-11(15)8-12/h6-9,13H,3-5,16H2,1-2H3,(H,17,18). The third kappa shape index (κ3) is 5.26. The lowest BCUT2D eigenvalue weighted by molar-refractivity contribution is -0.145. The molecule has 0 saturated carbocycles. The van der Waals surface area contributed by atoms with Crippen LogP contribution in [0.25, 0.3) is 0 Å². The highest BCUT2D eigenvalue weighted by atomic mass is 19.1. The second-order valence-corrected chi connectivity index (χ2v) is 4.71. The van der Waals surface area contributed by atoms with Crippen molar-refractivity contribution in [3.05, 3.63) is 29.6 Å². The minimum atomic E-state index is -1.04. The minimum absolute atomic E-state index is 0.0967. The fourth-order valence-corrected chi connectivity index (χ4v) is 1.84. The van der Waals surface area contributed by atoms with Gasteiger partial charge in [-0.05, 0) is 37.5 Å². The van der Waals surface area contributed by atoms with Gasteiger partial charge in [0, 0.05) is 12.1 Å². The van der Waals surface area contributed by atoms with E-state index in [-0.39, 0.29) is 11.8 Å². The van der Waals surface area contributed by atoms with Crippen molar-refractivity contribution in [1.82, 2.24) is 0 Å². The summed E-state index contributed by atoms with van der Waals surface area (Å²) >= 11 is 0. The van der Waals surface area contributed by atoms with Gasteiger partial charge in [-0.15, -0.1) is 0 Å². The van der Waals surface area contributed by atoms with Crippen LogP contribution in [0.5, 0.6) is 5.75 Å². The van der Waals surface area contributed by atoms with Crippen LogP contribution in [0, 0.1) is 5.82 Å². The molecule has 4 nitrogen and oxygen atoms in total. The Bertz CT molecular complexity index is 435. The second kappa shape index (κ2) is 7.09. The number of rotatable bonds is 7. The van der Waals surface area contributed by atoms with E-state index in [2.05, 4.69) is 0 Å². The molecule has 1 aromatic carbocycles. The number of halogens is 1. The van der Waals surface area contributed by atoms with Crippen molar-refractivity contribution in [2.75, 3.05) is 0 Å². The fourth-order valence-electron chi connectivity index (χ4n) is 1.84. The van der Waals surface area contributed by atoms with Gasteiger partial charge in [-0.3, -0.25) is 0 Å². The van der Waals surface area contributed by atoms with Crippen LogP contribution < -0.4 is 10.5 Å². The molecule has 0 bridgehead atoms. The smallest absolute Gasteiger partial charge is 0.344 e. The topological polar surface area (TPSA) is 72.5 Å². The molecule has 0 spiro atoms. The Morgan fingerprint density at radius 3 is 2.68 bits per heavy atom. The molecule has 0 fully saturated rings. The highest BCUT2D eigenvalue weighted by molar-refractivity contribution is 5.72. The van der Waals surface area contributed by atoms with Gasteiger partial charge in [0.2, 0.25) is 0 Å². The first-order valence-electron chi connectivity index (χ1n) is 6.37. The van der Waals surface area contributed by atoms with E-state index < -0.39 is 17.9 Å². The van der Waals surface area contributed by atoms with Gasteiger partial charge in [0.1, 0.15) is 11.6 Å². The molecule has 106 valence electrons. The van der Waals surface area contributed by atoms with Gasteiger partial charge in [0.15, 0.2) is 6.10 Å². The monoisotopic (exact) mass is 269 g/mol. The average Bonchev–Trinajstić information content (AvgIpc) is 2.26. The quantitative estimate of drug-likeness (QED) is 0.797. The van der Waals surface area contributed by atoms with E-state index in [1.807, 2.05) is 13.8 Å². The number of carbonyl (C=O) groups is 1. The lowest BCUT2D eigenvalue weighted by atomic mass is 10.1. The van der Waals surface area contributed by atoms with Gasteiger partial charge in [-0.1, -0.05) is 13.3 Å². The Hall–Kier alpha value is -1.62. The van der Waals surface area contributed by atoms with E-state index in [1.165, 1.54) is 12.1 Å². The lowest BCUT2D eigenvalue weighted by Crippen LogP contribution is -2.26. The third-order valence-electron chi connectivity index (χ3n) is 2.59. The molecule has 0 saturated heterocycles. The maximum absolute atomic E-state index is 13.4. The molecule has 0 heterocycles. The molecule has 0 aliphatic rings. The van der Waals surface area contributed by atoms with Crippen LogP contribution in [0.1, 0.15) is 32.3 Å². The van der Waals surface area contributed by atoms with E-state index in [1.54, 1.807) is 6.07 Å². The largest absolute Gasteiger partial charge is 0.479 e. The molecule has 2 atom stereocenters. The first kappa shape index (κ1) is 15.4. The second-order valence-electron chi connectivity index (χ2n) is 4.71. The van der Waals surface area contributed by atoms with Crippen molar-refractivity contribution < 1.29 is 19.0 Å². The summed E-state index contributed by atoms with van der Waals surface area (Å²) in [4.78, 5) is 11.0. The van der Waals surface area contributed by atoms with Gasteiger partial charge < -0.3 is 15.6 Å². The highest BCUT2D eigenvalue weighted by Gasteiger charge is 2.18. The Morgan fingerprint density at radius 1 is 1.47 bits per heavy atom. The SMILES string of the molecule is CCCC(Oc1cc(F)cc(CC(C)N)c1)C(=O)O. The Labute approximate surface area is 112 Å². The van der Waals surface area contributed by atoms with Crippen LogP contribution >= 0.6 is 0 Å². The molecule has 1 aromatic rings. The predicted molar refractivity (Wildman–Crippen MR) is 70.7 cm³/mol. The highest BCUT2D eigenvalue weighted by Crippen LogP contribution is 2.20. The van der Waals surface area contributed by atoms with Crippen molar-refractivity contribution in [3.63, 3.8) is 0 Å². The van der Waals surface area contributed by atoms with Crippen LogP contribution in [-0.4, -0.2) is 23.2 Å². The maximum atomic E-state index is 13.4. The molecular weight excluding hydrogens is 249 g/mol. The minimum Gasteiger partial charge on any atom is -0.479 e. The van der Waals surface area contributed by atoms with Gasteiger partial charge in [0.25, 0.3) is 0 Å². The summed E-state index contributed by atoms with van der Waals surface area (Å²) in [5, 5.41) is 9.01. The van der Waals surface area contributed by atoms with E-state index >= 15 is 0 Å². The van der Waals surface area contributed by atoms with Gasteiger partial charge in [0.05, 0.1) is 0 Å². The summed E-state index contributed by atoms with van der Waals surface area (Å²) in [6.45, 7) is 3.69. The zero-order valence-electron chi connectivity index (χ0n) is 11.2. The van der Waals surface area contributed by atoms with Crippen molar-refractivity contribution in [1.29, 1.82) is 0 Å². The molecular formula is C14H20FNO3. The molecule has 2 unspecified atom stereocenters. The van der Waals surface area contributed by atoms with E-state index in [9.17, 15) is 9.18 Å². The number of nitrogens with two attached hydrogens (primary N) is 1. The molecule has 0 aliphatic heterocycles. The molecule has 0 aliphatic carbocycles. The number of carboxylic acid groups (broad SMARTS) is 1. The first-order valence-corrected chi connectivity index (χ1v) is 6.37. The van der Waals surface area contributed by atoms with Gasteiger partial charge in [-0.2, -0.15) is 0 Å². The number of benzene rings is 1. The Kier molecular flexibility index (Phi) is 5.76. The summed E-state index contributed by atoms with van der Waals surface area (Å²) in [6.07, 6.45) is 0.627. The number of aliphatic carboxylic acids is 1. The number of hydrogen-bond donors (Lipinski definition) is 2. The summed E-state index contributed by atoms with van der Waals surface area (Å²) in [6, 6.07) is 4.11. The predicted octanol–water partition coefficient (Wildman–Crippen LogP) is 2.35. The molecule has 1 rings (SSSR count). The van der Waals surface area contributed by atoms with E-state index in [4.69, 9.17) is 15.6 Å². The zero-order chi connectivity index (χ0) is 14.4.